The van der Waals surface area contributed by atoms with Gasteiger partial charge in [0.1, 0.15) is 5.76 Å². The summed E-state index contributed by atoms with van der Waals surface area (Å²) in [5.41, 5.74) is 0.330. The molecule has 14 heavy (non-hydrogen) atoms. The van der Waals surface area contributed by atoms with Gasteiger partial charge in [0.25, 0.3) is 0 Å². The van der Waals surface area contributed by atoms with Crippen LogP contribution in [-0.2, 0) is 5.41 Å². The first-order valence-electron chi connectivity index (χ1n) is 5.28. The largest absolute Gasteiger partial charge is 0.449 e. The van der Waals surface area contributed by atoms with Crippen molar-refractivity contribution in [2.45, 2.75) is 24.7 Å². The second kappa shape index (κ2) is 3.01. The molecule has 2 nitrogen and oxygen atoms in total. The van der Waals surface area contributed by atoms with Crippen molar-refractivity contribution in [1.29, 1.82) is 0 Å². The maximum Gasteiger partial charge on any atom is 0.193 e. The van der Waals surface area contributed by atoms with Crippen molar-refractivity contribution >= 4 is 11.6 Å². The van der Waals surface area contributed by atoms with E-state index < -0.39 is 0 Å². The van der Waals surface area contributed by atoms with E-state index in [1.54, 1.807) is 0 Å². The van der Waals surface area contributed by atoms with E-state index in [1.807, 2.05) is 12.1 Å². The van der Waals surface area contributed by atoms with E-state index >= 15 is 0 Å². The minimum atomic E-state index is 0.330. The Kier molecular flexibility index (Phi) is 1.89. The van der Waals surface area contributed by atoms with E-state index in [-0.39, 0.29) is 0 Å². The zero-order chi connectivity index (χ0) is 9.60. The van der Waals surface area contributed by atoms with Crippen LogP contribution in [0.4, 0.5) is 0 Å². The fourth-order valence-electron chi connectivity index (χ4n) is 2.70. The Morgan fingerprint density at radius 1 is 1.43 bits per heavy atom. The summed E-state index contributed by atoms with van der Waals surface area (Å²) in [6.45, 7) is 2.29. The second-order valence-corrected chi connectivity index (χ2v) is 4.82. The van der Waals surface area contributed by atoms with Crippen molar-refractivity contribution in [1.82, 2.24) is 5.32 Å². The minimum Gasteiger partial charge on any atom is -0.449 e. The predicted octanol–water partition coefficient (Wildman–Crippen LogP) is 2.57. The van der Waals surface area contributed by atoms with Gasteiger partial charge in [0.2, 0.25) is 0 Å². The van der Waals surface area contributed by atoms with Crippen LogP contribution < -0.4 is 5.32 Å². The number of nitrogens with one attached hydrogen (secondary N) is 1. The Morgan fingerprint density at radius 2 is 2.29 bits per heavy atom. The highest BCUT2D eigenvalue weighted by Gasteiger charge is 2.53. The van der Waals surface area contributed by atoms with Crippen LogP contribution in [-0.4, -0.2) is 13.1 Å². The average molecular weight is 212 g/mol. The van der Waals surface area contributed by atoms with Crippen molar-refractivity contribution < 1.29 is 4.42 Å². The molecular formula is C11H14ClNO. The van der Waals surface area contributed by atoms with Gasteiger partial charge in [-0.25, -0.2) is 0 Å². The Labute approximate surface area is 88.6 Å². The highest BCUT2D eigenvalue weighted by atomic mass is 35.5. The van der Waals surface area contributed by atoms with E-state index in [4.69, 9.17) is 16.0 Å². The van der Waals surface area contributed by atoms with Gasteiger partial charge in [-0.3, -0.25) is 0 Å². The maximum atomic E-state index is 5.82. The zero-order valence-electron chi connectivity index (χ0n) is 8.05. The molecule has 76 valence electrons. The first kappa shape index (κ1) is 8.81. The van der Waals surface area contributed by atoms with E-state index in [9.17, 15) is 0 Å². The maximum absolute atomic E-state index is 5.82. The van der Waals surface area contributed by atoms with Gasteiger partial charge in [0.05, 0.1) is 0 Å². The fraction of sp³-hybridized carbons (Fsp3) is 0.636. The normalized spacial score (nSPS) is 29.4. The summed E-state index contributed by atoms with van der Waals surface area (Å²) < 4.78 is 5.56. The smallest absolute Gasteiger partial charge is 0.193 e. The number of hydrogen-bond donors (Lipinski definition) is 1. The summed E-state index contributed by atoms with van der Waals surface area (Å²) in [5, 5.41) is 3.95. The quantitative estimate of drug-likeness (QED) is 0.814. The van der Waals surface area contributed by atoms with Crippen molar-refractivity contribution in [2.75, 3.05) is 13.1 Å². The van der Waals surface area contributed by atoms with Crippen molar-refractivity contribution in [3.05, 3.63) is 23.1 Å². The van der Waals surface area contributed by atoms with E-state index in [0.717, 1.165) is 24.8 Å². The summed E-state index contributed by atoms with van der Waals surface area (Å²) in [6.07, 6.45) is 3.81. The van der Waals surface area contributed by atoms with E-state index in [1.165, 1.54) is 19.3 Å². The Hall–Kier alpha value is -0.470. The minimum absolute atomic E-state index is 0.330. The van der Waals surface area contributed by atoms with E-state index in [2.05, 4.69) is 5.32 Å². The van der Waals surface area contributed by atoms with Gasteiger partial charge in [-0.2, -0.15) is 0 Å². The fourth-order valence-corrected chi connectivity index (χ4v) is 2.84. The lowest BCUT2D eigenvalue weighted by molar-refractivity contribution is 0.358. The van der Waals surface area contributed by atoms with Gasteiger partial charge in [-0.05, 0) is 62.0 Å². The van der Waals surface area contributed by atoms with Gasteiger partial charge >= 0.3 is 0 Å². The average Bonchev–Trinajstić information content (AvgIpc) is 2.68. The highest BCUT2D eigenvalue weighted by molar-refractivity contribution is 6.28. The first-order valence-corrected chi connectivity index (χ1v) is 5.66. The number of rotatable bonds is 2. The third kappa shape index (κ3) is 1.21. The Balaban J connectivity index is 1.89. The zero-order valence-corrected chi connectivity index (χ0v) is 8.81. The molecule has 2 fully saturated rings. The van der Waals surface area contributed by atoms with Gasteiger partial charge in [0.15, 0.2) is 5.22 Å². The van der Waals surface area contributed by atoms with Crippen LogP contribution in [0.25, 0.3) is 0 Å². The van der Waals surface area contributed by atoms with E-state index in [0.29, 0.717) is 10.6 Å². The predicted molar refractivity (Wildman–Crippen MR) is 55.6 cm³/mol. The van der Waals surface area contributed by atoms with Gasteiger partial charge in [-0.15, -0.1) is 0 Å². The topological polar surface area (TPSA) is 25.2 Å². The first-order chi connectivity index (χ1) is 6.81. The third-order valence-corrected chi connectivity index (χ3v) is 3.90. The molecular weight excluding hydrogens is 198 g/mol. The molecule has 1 unspecified atom stereocenters. The molecule has 1 aromatic rings. The molecule has 1 aliphatic heterocycles. The molecule has 1 N–H and O–H groups in total. The lowest BCUT2D eigenvalue weighted by Gasteiger charge is -2.19. The molecule has 2 aliphatic rings. The number of hydrogen-bond acceptors (Lipinski definition) is 2. The molecule has 2 heterocycles. The second-order valence-electron chi connectivity index (χ2n) is 4.45. The van der Waals surface area contributed by atoms with Crippen LogP contribution in [0.1, 0.15) is 25.0 Å². The van der Waals surface area contributed by atoms with Crippen molar-refractivity contribution in [3.8, 4) is 0 Å². The van der Waals surface area contributed by atoms with Crippen LogP contribution in [0.15, 0.2) is 16.5 Å². The monoisotopic (exact) mass is 211 g/mol. The van der Waals surface area contributed by atoms with Crippen LogP contribution in [0.5, 0.6) is 0 Å². The lowest BCUT2D eigenvalue weighted by atomic mass is 9.86. The number of furan rings is 1. The molecule has 0 aromatic carbocycles. The van der Waals surface area contributed by atoms with Crippen LogP contribution >= 0.6 is 11.6 Å². The molecule has 1 aliphatic carbocycles. The molecule has 0 bridgehead atoms. The summed E-state index contributed by atoms with van der Waals surface area (Å²) in [4.78, 5) is 0. The summed E-state index contributed by atoms with van der Waals surface area (Å²) in [7, 11) is 0. The molecule has 1 saturated heterocycles. The molecule has 3 heteroatoms. The van der Waals surface area contributed by atoms with Crippen molar-refractivity contribution in [3.63, 3.8) is 0 Å². The molecule has 3 rings (SSSR count). The van der Waals surface area contributed by atoms with Gasteiger partial charge in [0, 0.05) is 5.41 Å². The SMILES string of the molecule is Clc1ccc(C2(C3CCNC3)CC2)o1. The summed E-state index contributed by atoms with van der Waals surface area (Å²) >= 11 is 5.82. The highest BCUT2D eigenvalue weighted by Crippen LogP contribution is 2.56. The van der Waals surface area contributed by atoms with Crippen LogP contribution in [0.3, 0.4) is 0 Å². The molecule has 1 aromatic heterocycles. The summed E-state index contributed by atoms with van der Waals surface area (Å²) in [6, 6.07) is 3.91. The van der Waals surface area contributed by atoms with Crippen LogP contribution in [0.2, 0.25) is 5.22 Å². The molecule has 1 atom stereocenters. The third-order valence-electron chi connectivity index (χ3n) is 3.69. The molecule has 0 radical (unpaired) electrons. The lowest BCUT2D eigenvalue weighted by Crippen LogP contribution is -2.22. The molecule has 1 saturated carbocycles. The Bertz CT molecular complexity index is 337. The summed E-state index contributed by atoms with van der Waals surface area (Å²) in [5.74, 6) is 1.86. The Morgan fingerprint density at radius 3 is 2.79 bits per heavy atom. The number of halogens is 1. The van der Waals surface area contributed by atoms with Gasteiger partial charge < -0.3 is 9.73 Å². The van der Waals surface area contributed by atoms with Gasteiger partial charge in [-0.1, -0.05) is 0 Å². The molecule has 0 spiro atoms. The van der Waals surface area contributed by atoms with Crippen LogP contribution in [0, 0.1) is 5.92 Å². The molecule has 0 amide bonds. The standard InChI is InChI=1S/C11H14ClNO/c12-10-2-1-9(14-10)11(4-5-11)8-3-6-13-7-8/h1-2,8,13H,3-7H2. The van der Waals surface area contributed by atoms with Crippen molar-refractivity contribution in [2.24, 2.45) is 5.92 Å².